The molecule has 0 spiro atoms. The number of carboxylic acids is 1. The number of aliphatic carboxylic acids is 1. The maximum Gasteiger partial charge on any atom is 0.308 e. The van der Waals surface area contributed by atoms with Gasteiger partial charge in [0, 0.05) is 6.04 Å². The molecule has 21 heavy (non-hydrogen) atoms. The molecule has 1 heterocycles. The van der Waals surface area contributed by atoms with Crippen molar-refractivity contribution in [3.05, 3.63) is 10.6 Å². The summed E-state index contributed by atoms with van der Waals surface area (Å²) in [6.45, 7) is 2.02. The van der Waals surface area contributed by atoms with Gasteiger partial charge in [0.05, 0.1) is 11.6 Å². The number of hydrogen-bond acceptors (Lipinski definition) is 5. The van der Waals surface area contributed by atoms with E-state index < -0.39 is 11.9 Å². The first kappa shape index (κ1) is 15.9. The van der Waals surface area contributed by atoms with Crippen molar-refractivity contribution in [1.29, 1.82) is 0 Å². The van der Waals surface area contributed by atoms with E-state index >= 15 is 0 Å². The summed E-state index contributed by atoms with van der Waals surface area (Å²) in [5, 5.41) is 16.2. The number of hydrogen-bond donors (Lipinski definition) is 2. The van der Waals surface area contributed by atoms with Gasteiger partial charge in [0.15, 0.2) is 0 Å². The van der Waals surface area contributed by atoms with Crippen LogP contribution in [0.1, 0.15) is 60.8 Å². The summed E-state index contributed by atoms with van der Waals surface area (Å²) in [5.74, 6) is -1.54. The maximum atomic E-state index is 12.4. The number of aromatic nitrogens is 2. The van der Waals surface area contributed by atoms with Crippen molar-refractivity contribution < 1.29 is 14.7 Å². The largest absolute Gasteiger partial charge is 0.481 e. The van der Waals surface area contributed by atoms with Crippen molar-refractivity contribution in [3.63, 3.8) is 0 Å². The molecule has 1 aliphatic rings. The summed E-state index contributed by atoms with van der Waals surface area (Å²) < 4.78 is 3.84. The molecule has 116 valence electrons. The number of nitrogens with zero attached hydrogens (tertiary/aromatic N) is 2. The lowest BCUT2D eigenvalue weighted by atomic mass is 9.95. The van der Waals surface area contributed by atoms with E-state index in [2.05, 4.69) is 14.9 Å². The molecule has 0 radical (unpaired) electrons. The van der Waals surface area contributed by atoms with Gasteiger partial charge in [0.2, 0.25) is 0 Å². The average Bonchev–Trinajstić information content (AvgIpc) is 2.77. The summed E-state index contributed by atoms with van der Waals surface area (Å²) in [4.78, 5) is 24.3. The third-order valence-electron chi connectivity index (χ3n) is 3.90. The van der Waals surface area contributed by atoms with E-state index in [0.717, 1.165) is 43.6 Å². The molecule has 0 aromatic carbocycles. The molecule has 6 nitrogen and oxygen atoms in total. The first-order valence-corrected chi connectivity index (χ1v) is 8.25. The summed E-state index contributed by atoms with van der Waals surface area (Å²) >= 11 is 1.08. The molecule has 1 aromatic rings. The third kappa shape index (κ3) is 4.00. The molecule has 2 atom stereocenters. The smallest absolute Gasteiger partial charge is 0.308 e. The van der Waals surface area contributed by atoms with Gasteiger partial charge < -0.3 is 10.4 Å². The summed E-state index contributed by atoms with van der Waals surface area (Å²) in [5.41, 5.74) is 0.709. The van der Waals surface area contributed by atoms with Gasteiger partial charge in [-0.05, 0) is 30.8 Å². The highest BCUT2D eigenvalue weighted by molar-refractivity contribution is 7.08. The first-order chi connectivity index (χ1) is 10.1. The predicted molar refractivity (Wildman–Crippen MR) is 79.4 cm³/mol. The molecule has 0 bridgehead atoms. The topological polar surface area (TPSA) is 92.2 Å². The van der Waals surface area contributed by atoms with Crippen LogP contribution in [0.4, 0.5) is 0 Å². The number of carbonyl (C=O) groups is 2. The molecule has 1 saturated carbocycles. The maximum absolute atomic E-state index is 12.4. The molecule has 7 heteroatoms. The minimum Gasteiger partial charge on any atom is -0.481 e. The van der Waals surface area contributed by atoms with Gasteiger partial charge in [-0.2, -0.15) is 0 Å². The van der Waals surface area contributed by atoms with Gasteiger partial charge in [-0.25, -0.2) is 0 Å². The van der Waals surface area contributed by atoms with Crippen molar-refractivity contribution >= 4 is 23.4 Å². The van der Waals surface area contributed by atoms with Gasteiger partial charge >= 0.3 is 5.97 Å². The highest BCUT2D eigenvalue weighted by atomic mass is 32.1. The Labute approximate surface area is 128 Å². The van der Waals surface area contributed by atoms with Crippen LogP contribution >= 0.6 is 11.5 Å². The number of carbonyl (C=O) groups excluding carboxylic acids is 1. The van der Waals surface area contributed by atoms with Crippen LogP contribution in [0.2, 0.25) is 0 Å². The fourth-order valence-corrected chi connectivity index (χ4v) is 3.40. The Bertz CT molecular complexity index is 503. The van der Waals surface area contributed by atoms with Crippen LogP contribution in [0.15, 0.2) is 0 Å². The summed E-state index contributed by atoms with van der Waals surface area (Å²) in [6.07, 6.45) is 5.85. The highest BCUT2D eigenvalue weighted by Crippen LogP contribution is 2.24. The summed E-state index contributed by atoms with van der Waals surface area (Å²) in [7, 11) is 0. The molecule has 2 unspecified atom stereocenters. The lowest BCUT2D eigenvalue weighted by Crippen LogP contribution is -2.42. The van der Waals surface area contributed by atoms with Crippen LogP contribution in [0.5, 0.6) is 0 Å². The van der Waals surface area contributed by atoms with E-state index in [9.17, 15) is 14.7 Å². The van der Waals surface area contributed by atoms with Gasteiger partial charge in [-0.1, -0.05) is 37.1 Å². The van der Waals surface area contributed by atoms with E-state index in [1.54, 1.807) is 0 Å². The standard InChI is InChI=1S/C14H21N3O3S/c1-2-6-11-12(21-17-16-11)13(18)15-10-8-5-3-4-7-9(10)14(19)20/h9-10H,2-8H2,1H3,(H,15,18)(H,19,20). The number of nitrogens with one attached hydrogen (secondary N) is 1. The predicted octanol–water partition coefficient (Wildman–Crippen LogP) is 2.25. The van der Waals surface area contributed by atoms with Crippen LogP contribution in [0.25, 0.3) is 0 Å². The Morgan fingerprint density at radius 3 is 2.81 bits per heavy atom. The number of rotatable bonds is 5. The Hall–Kier alpha value is -1.50. The Balaban J connectivity index is 2.08. The normalized spacial score (nSPS) is 22.5. The van der Waals surface area contributed by atoms with E-state index in [1.165, 1.54) is 0 Å². The average molecular weight is 311 g/mol. The fraction of sp³-hybridized carbons (Fsp3) is 0.714. The van der Waals surface area contributed by atoms with Gasteiger partial charge in [-0.3, -0.25) is 9.59 Å². The molecule has 1 amide bonds. The Kier molecular flexibility index (Phi) is 5.67. The molecule has 1 aromatic heterocycles. The minimum atomic E-state index is -0.821. The van der Waals surface area contributed by atoms with E-state index in [4.69, 9.17) is 0 Å². The van der Waals surface area contributed by atoms with Crippen LogP contribution < -0.4 is 5.32 Å². The monoisotopic (exact) mass is 311 g/mol. The van der Waals surface area contributed by atoms with Crippen molar-refractivity contribution in [2.45, 2.75) is 57.9 Å². The summed E-state index contributed by atoms with van der Waals surface area (Å²) in [6, 6.07) is -0.297. The van der Waals surface area contributed by atoms with Crippen LogP contribution in [0, 0.1) is 5.92 Å². The van der Waals surface area contributed by atoms with Crippen LogP contribution in [-0.4, -0.2) is 32.6 Å². The second kappa shape index (κ2) is 7.49. The Morgan fingerprint density at radius 1 is 1.33 bits per heavy atom. The lowest BCUT2D eigenvalue weighted by molar-refractivity contribution is -0.142. The zero-order chi connectivity index (χ0) is 15.2. The molecule has 0 aliphatic heterocycles. The molecule has 2 N–H and O–H groups in total. The zero-order valence-corrected chi connectivity index (χ0v) is 13.0. The Morgan fingerprint density at radius 2 is 2.10 bits per heavy atom. The van der Waals surface area contributed by atoms with Crippen molar-refractivity contribution in [3.8, 4) is 0 Å². The van der Waals surface area contributed by atoms with E-state index in [-0.39, 0.29) is 11.9 Å². The van der Waals surface area contributed by atoms with Crippen LogP contribution in [0.3, 0.4) is 0 Å². The number of aryl methyl sites for hydroxylation is 1. The fourth-order valence-electron chi connectivity index (χ4n) is 2.79. The zero-order valence-electron chi connectivity index (χ0n) is 12.2. The molecule has 2 rings (SSSR count). The van der Waals surface area contributed by atoms with E-state index in [0.29, 0.717) is 23.4 Å². The molecular weight excluding hydrogens is 290 g/mol. The molecule has 0 saturated heterocycles. The molecule has 1 fully saturated rings. The third-order valence-corrected chi connectivity index (χ3v) is 4.67. The SMILES string of the molecule is CCCc1nnsc1C(=O)NC1CCCCCC1C(=O)O. The second-order valence-electron chi connectivity index (χ2n) is 5.46. The number of carboxylic acid groups (broad SMARTS) is 1. The quantitative estimate of drug-likeness (QED) is 0.814. The molecular formula is C14H21N3O3S. The van der Waals surface area contributed by atoms with Gasteiger partial charge in [0.25, 0.3) is 5.91 Å². The minimum absolute atomic E-state index is 0.230. The first-order valence-electron chi connectivity index (χ1n) is 7.48. The van der Waals surface area contributed by atoms with Crippen molar-refractivity contribution in [1.82, 2.24) is 14.9 Å². The number of amides is 1. The van der Waals surface area contributed by atoms with Gasteiger partial charge in [-0.15, -0.1) is 5.10 Å². The van der Waals surface area contributed by atoms with Crippen LogP contribution in [-0.2, 0) is 11.2 Å². The second-order valence-corrected chi connectivity index (χ2v) is 6.22. The van der Waals surface area contributed by atoms with E-state index in [1.807, 2.05) is 6.92 Å². The van der Waals surface area contributed by atoms with Crippen molar-refractivity contribution in [2.24, 2.45) is 5.92 Å². The lowest BCUT2D eigenvalue weighted by Gasteiger charge is -2.22. The van der Waals surface area contributed by atoms with Crippen molar-refractivity contribution in [2.75, 3.05) is 0 Å². The van der Waals surface area contributed by atoms with Gasteiger partial charge in [0.1, 0.15) is 4.88 Å². The highest BCUT2D eigenvalue weighted by Gasteiger charge is 2.31. The molecule has 1 aliphatic carbocycles.